The number of nitrogen functional groups attached to an aromatic ring is 1. The normalized spacial score (nSPS) is 19.3. The average Bonchev–Trinajstić information content (AvgIpc) is 2.87. The van der Waals surface area contributed by atoms with Crippen molar-refractivity contribution in [2.75, 3.05) is 18.8 Å². The summed E-state index contributed by atoms with van der Waals surface area (Å²) in [5.74, 6) is 0.922. The fraction of sp³-hybridized carbons (Fsp3) is 0.417. The first-order valence-electron chi connectivity index (χ1n) is 6.41. The Hall–Kier alpha value is -2.35. The SMILES string of the molecule is Nc1nc(CN2CCC(c3cnccn3)C2)[nH]c(=O)n1. The number of hydrogen-bond acceptors (Lipinski definition) is 7. The lowest BCUT2D eigenvalue weighted by atomic mass is 10.1. The van der Waals surface area contributed by atoms with Crippen LogP contribution in [0, 0.1) is 0 Å². The first kappa shape index (κ1) is 12.7. The largest absolute Gasteiger partial charge is 0.368 e. The fourth-order valence-corrected chi connectivity index (χ4v) is 2.47. The van der Waals surface area contributed by atoms with Crippen LogP contribution in [-0.4, -0.2) is 42.9 Å². The molecule has 8 nitrogen and oxygen atoms in total. The molecule has 0 saturated carbocycles. The summed E-state index contributed by atoms with van der Waals surface area (Å²) in [6.07, 6.45) is 6.20. The van der Waals surface area contributed by atoms with Crippen molar-refractivity contribution in [3.63, 3.8) is 0 Å². The smallest absolute Gasteiger partial charge is 0.349 e. The topological polar surface area (TPSA) is 114 Å². The molecule has 0 spiro atoms. The second-order valence-corrected chi connectivity index (χ2v) is 4.81. The lowest BCUT2D eigenvalue weighted by Gasteiger charge is -2.14. The van der Waals surface area contributed by atoms with Crippen molar-refractivity contribution >= 4 is 5.95 Å². The zero-order valence-corrected chi connectivity index (χ0v) is 10.9. The number of rotatable bonds is 3. The van der Waals surface area contributed by atoms with Crippen LogP contribution < -0.4 is 11.4 Å². The van der Waals surface area contributed by atoms with Gasteiger partial charge in [0, 0.05) is 31.1 Å². The molecule has 2 aromatic heterocycles. The van der Waals surface area contributed by atoms with Crippen molar-refractivity contribution in [2.45, 2.75) is 18.9 Å². The van der Waals surface area contributed by atoms with Crippen molar-refractivity contribution in [3.05, 3.63) is 40.6 Å². The zero-order chi connectivity index (χ0) is 13.9. The van der Waals surface area contributed by atoms with E-state index in [4.69, 9.17) is 5.73 Å². The van der Waals surface area contributed by atoms with Gasteiger partial charge in [0.2, 0.25) is 5.95 Å². The number of nitrogens with zero attached hydrogens (tertiary/aromatic N) is 5. The van der Waals surface area contributed by atoms with E-state index in [-0.39, 0.29) is 5.95 Å². The number of anilines is 1. The van der Waals surface area contributed by atoms with Crippen molar-refractivity contribution in [2.24, 2.45) is 0 Å². The molecular weight excluding hydrogens is 258 g/mol. The Labute approximate surface area is 115 Å². The van der Waals surface area contributed by atoms with Crippen molar-refractivity contribution < 1.29 is 0 Å². The van der Waals surface area contributed by atoms with Gasteiger partial charge in [0.25, 0.3) is 0 Å². The summed E-state index contributed by atoms with van der Waals surface area (Å²) in [6, 6.07) is 0. The Bertz CT molecular complexity index is 642. The highest BCUT2D eigenvalue weighted by Gasteiger charge is 2.25. The molecule has 1 aliphatic heterocycles. The fourth-order valence-electron chi connectivity index (χ4n) is 2.47. The van der Waals surface area contributed by atoms with Crippen LogP contribution in [0.5, 0.6) is 0 Å². The highest BCUT2D eigenvalue weighted by atomic mass is 16.1. The quantitative estimate of drug-likeness (QED) is 0.776. The maximum absolute atomic E-state index is 11.2. The minimum absolute atomic E-state index is 0.00780. The third kappa shape index (κ3) is 2.80. The van der Waals surface area contributed by atoms with Gasteiger partial charge in [0.15, 0.2) is 0 Å². The van der Waals surface area contributed by atoms with Crippen LogP contribution in [0.2, 0.25) is 0 Å². The van der Waals surface area contributed by atoms with Gasteiger partial charge in [-0.25, -0.2) is 4.79 Å². The molecule has 0 radical (unpaired) electrons. The van der Waals surface area contributed by atoms with E-state index >= 15 is 0 Å². The summed E-state index contributed by atoms with van der Waals surface area (Å²) < 4.78 is 0. The molecular formula is C12H15N7O. The maximum Gasteiger partial charge on any atom is 0.349 e. The Morgan fingerprint density at radius 3 is 3.05 bits per heavy atom. The third-order valence-corrected chi connectivity index (χ3v) is 3.36. The second kappa shape index (κ2) is 5.33. The number of nitrogens with two attached hydrogens (primary N) is 1. The van der Waals surface area contributed by atoms with Gasteiger partial charge in [-0.1, -0.05) is 0 Å². The Morgan fingerprint density at radius 2 is 2.30 bits per heavy atom. The van der Waals surface area contributed by atoms with Gasteiger partial charge in [0.05, 0.1) is 12.2 Å². The zero-order valence-electron chi connectivity index (χ0n) is 10.9. The minimum atomic E-state index is -0.461. The van der Waals surface area contributed by atoms with E-state index < -0.39 is 5.69 Å². The van der Waals surface area contributed by atoms with Crippen LogP contribution in [0.4, 0.5) is 5.95 Å². The molecule has 104 valence electrons. The predicted molar refractivity (Wildman–Crippen MR) is 71.7 cm³/mol. The van der Waals surface area contributed by atoms with Crippen LogP contribution in [0.1, 0.15) is 23.9 Å². The van der Waals surface area contributed by atoms with Crippen LogP contribution >= 0.6 is 0 Å². The summed E-state index contributed by atoms with van der Waals surface area (Å²) in [7, 11) is 0. The van der Waals surface area contributed by atoms with E-state index in [1.54, 1.807) is 18.6 Å². The summed E-state index contributed by atoms with van der Waals surface area (Å²) in [5.41, 5.74) is 6.02. The maximum atomic E-state index is 11.2. The molecule has 0 bridgehead atoms. The molecule has 1 aliphatic rings. The van der Waals surface area contributed by atoms with Crippen molar-refractivity contribution in [3.8, 4) is 0 Å². The van der Waals surface area contributed by atoms with E-state index in [0.29, 0.717) is 18.3 Å². The molecule has 0 amide bonds. The molecule has 8 heteroatoms. The summed E-state index contributed by atoms with van der Waals surface area (Å²) in [5, 5.41) is 0. The number of nitrogens with one attached hydrogen (secondary N) is 1. The Morgan fingerprint density at radius 1 is 1.40 bits per heavy atom. The van der Waals surface area contributed by atoms with Gasteiger partial charge in [-0.05, 0) is 13.0 Å². The van der Waals surface area contributed by atoms with E-state index in [9.17, 15) is 4.79 Å². The van der Waals surface area contributed by atoms with Crippen LogP contribution in [0.25, 0.3) is 0 Å². The lowest BCUT2D eigenvalue weighted by Crippen LogP contribution is -2.25. The van der Waals surface area contributed by atoms with Crippen molar-refractivity contribution in [1.29, 1.82) is 0 Å². The molecule has 1 unspecified atom stereocenters. The molecule has 3 rings (SSSR count). The van der Waals surface area contributed by atoms with E-state index in [1.807, 2.05) is 0 Å². The van der Waals surface area contributed by atoms with Gasteiger partial charge in [-0.3, -0.25) is 19.9 Å². The number of aromatic nitrogens is 5. The van der Waals surface area contributed by atoms with E-state index in [2.05, 4.69) is 29.8 Å². The van der Waals surface area contributed by atoms with Crippen LogP contribution in [-0.2, 0) is 6.54 Å². The molecule has 3 heterocycles. The average molecular weight is 273 g/mol. The van der Waals surface area contributed by atoms with Gasteiger partial charge in [-0.2, -0.15) is 9.97 Å². The molecule has 3 N–H and O–H groups in total. The molecule has 0 aromatic carbocycles. The van der Waals surface area contributed by atoms with Gasteiger partial charge in [-0.15, -0.1) is 0 Å². The highest BCUT2D eigenvalue weighted by molar-refractivity contribution is 5.13. The highest BCUT2D eigenvalue weighted by Crippen LogP contribution is 2.25. The molecule has 2 aromatic rings. The first-order valence-corrected chi connectivity index (χ1v) is 6.41. The van der Waals surface area contributed by atoms with Crippen LogP contribution in [0.15, 0.2) is 23.4 Å². The monoisotopic (exact) mass is 273 g/mol. The van der Waals surface area contributed by atoms with E-state index in [1.165, 1.54) is 0 Å². The number of H-pyrrole nitrogens is 1. The molecule has 0 aliphatic carbocycles. The molecule has 1 fully saturated rings. The summed E-state index contributed by atoms with van der Waals surface area (Å²) >= 11 is 0. The summed E-state index contributed by atoms with van der Waals surface area (Å²) in [4.78, 5) is 32.0. The second-order valence-electron chi connectivity index (χ2n) is 4.81. The molecule has 1 atom stereocenters. The standard InChI is InChI=1S/C12H15N7O/c13-11-16-10(17-12(20)18-11)7-19-4-1-8(6-19)9-5-14-2-3-15-9/h2-3,5,8H,1,4,6-7H2,(H3,13,16,17,18,20). The van der Waals surface area contributed by atoms with E-state index in [0.717, 1.165) is 25.2 Å². The third-order valence-electron chi connectivity index (χ3n) is 3.36. The lowest BCUT2D eigenvalue weighted by molar-refractivity contribution is 0.317. The number of likely N-dealkylation sites (tertiary alicyclic amines) is 1. The van der Waals surface area contributed by atoms with Gasteiger partial charge >= 0.3 is 5.69 Å². The molecule has 1 saturated heterocycles. The number of aromatic amines is 1. The van der Waals surface area contributed by atoms with Crippen molar-refractivity contribution in [1.82, 2.24) is 29.8 Å². The Kier molecular flexibility index (Phi) is 3.38. The first-order chi connectivity index (χ1) is 9.70. The molecule has 20 heavy (non-hydrogen) atoms. The van der Waals surface area contributed by atoms with Crippen LogP contribution in [0.3, 0.4) is 0 Å². The summed E-state index contributed by atoms with van der Waals surface area (Å²) in [6.45, 7) is 2.34. The minimum Gasteiger partial charge on any atom is -0.368 e. The van der Waals surface area contributed by atoms with Gasteiger partial charge in [0.1, 0.15) is 5.82 Å². The predicted octanol–water partition coefficient (Wildman–Crippen LogP) is -0.473. The van der Waals surface area contributed by atoms with Gasteiger partial charge < -0.3 is 5.73 Å². The number of hydrogen-bond donors (Lipinski definition) is 2. The Balaban J connectivity index is 1.67.